The molecule has 0 radical (unpaired) electrons. The third-order valence-corrected chi connectivity index (χ3v) is 4.14. The minimum Gasteiger partial charge on any atom is -0.336 e. The van der Waals surface area contributed by atoms with Gasteiger partial charge < -0.3 is 5.32 Å². The van der Waals surface area contributed by atoms with Crippen molar-refractivity contribution < 1.29 is 9.59 Å². The zero-order valence-corrected chi connectivity index (χ0v) is 13.5. The molecule has 114 valence electrons. The Morgan fingerprint density at radius 1 is 1.38 bits per heavy atom. The molecule has 1 N–H and O–H groups in total. The summed E-state index contributed by atoms with van der Waals surface area (Å²) in [5.41, 5.74) is 0.884. The number of nitrogens with one attached hydrogen (secondary N) is 1. The summed E-state index contributed by atoms with van der Waals surface area (Å²) in [5, 5.41) is 3.05. The van der Waals surface area contributed by atoms with Crippen molar-refractivity contribution in [2.24, 2.45) is 0 Å². The van der Waals surface area contributed by atoms with E-state index < -0.39 is 0 Å². The monoisotopic (exact) mass is 308 g/mol. The van der Waals surface area contributed by atoms with Crippen LogP contribution in [0.5, 0.6) is 0 Å². The highest BCUT2D eigenvalue weighted by Gasteiger charge is 2.30. The molecule has 3 amide bonds. The highest BCUT2D eigenvalue weighted by atomic mass is 32.2. The Bertz CT molecular complexity index is 562. The fourth-order valence-corrected chi connectivity index (χ4v) is 2.99. The van der Waals surface area contributed by atoms with Gasteiger partial charge in [-0.25, -0.2) is 14.8 Å². The van der Waals surface area contributed by atoms with Gasteiger partial charge in [-0.1, -0.05) is 25.6 Å². The van der Waals surface area contributed by atoms with Crippen LogP contribution >= 0.6 is 11.8 Å². The molecule has 0 saturated carbocycles. The Morgan fingerprint density at radius 3 is 2.67 bits per heavy atom. The first-order valence-electron chi connectivity index (χ1n) is 7.00. The fourth-order valence-electron chi connectivity index (χ4n) is 2.01. The smallest absolute Gasteiger partial charge is 0.324 e. The van der Waals surface area contributed by atoms with Crippen molar-refractivity contribution in [2.75, 3.05) is 13.1 Å². The molecule has 6 nitrogen and oxygen atoms in total. The average Bonchev–Trinajstić information content (AvgIpc) is 2.83. The van der Waals surface area contributed by atoms with Gasteiger partial charge in [0.1, 0.15) is 10.9 Å². The van der Waals surface area contributed by atoms with Crippen molar-refractivity contribution in [2.45, 2.75) is 43.9 Å². The first-order valence-corrected chi connectivity index (χ1v) is 7.88. The number of hydrogen-bond donors (Lipinski definition) is 1. The topological polar surface area (TPSA) is 75.2 Å². The van der Waals surface area contributed by atoms with Crippen LogP contribution in [0.4, 0.5) is 4.79 Å². The van der Waals surface area contributed by atoms with Crippen molar-refractivity contribution in [1.82, 2.24) is 20.2 Å². The van der Waals surface area contributed by atoms with Crippen LogP contribution in [-0.2, 0) is 4.79 Å². The van der Waals surface area contributed by atoms with E-state index in [1.807, 2.05) is 26.8 Å². The number of nitrogens with zero attached hydrogens (tertiary/aromatic N) is 3. The largest absolute Gasteiger partial charge is 0.336 e. The van der Waals surface area contributed by atoms with Crippen LogP contribution < -0.4 is 5.32 Å². The van der Waals surface area contributed by atoms with Gasteiger partial charge in [-0.3, -0.25) is 9.69 Å². The summed E-state index contributed by atoms with van der Waals surface area (Å²) in [6.07, 6.45) is 0. The molecule has 1 fully saturated rings. The lowest BCUT2D eigenvalue weighted by Crippen LogP contribution is -2.38. The lowest BCUT2D eigenvalue weighted by Gasteiger charge is -2.17. The molecule has 2 heterocycles. The minimum absolute atomic E-state index is 0.183. The van der Waals surface area contributed by atoms with Crippen molar-refractivity contribution in [3.8, 4) is 0 Å². The molecular weight excluding hydrogens is 288 g/mol. The Labute approximate surface area is 128 Å². The standard InChI is InChI=1S/C14H20N4O2S/c1-8(2)12-16-9(3)7-11(17-12)21-10(4)13(19)18-6-5-15-14(18)20/h7-8,10H,5-6H2,1-4H3,(H,15,20)/t10-/m1/s1. The van der Waals surface area contributed by atoms with Gasteiger partial charge in [-0.05, 0) is 19.9 Å². The fraction of sp³-hybridized carbons (Fsp3) is 0.571. The molecule has 1 aromatic heterocycles. The van der Waals surface area contributed by atoms with Crippen molar-refractivity contribution in [3.63, 3.8) is 0 Å². The predicted octanol–water partition coefficient (Wildman–Crippen LogP) is 1.94. The van der Waals surface area contributed by atoms with Gasteiger partial charge in [-0.2, -0.15) is 0 Å². The molecular formula is C14H20N4O2S. The first-order chi connectivity index (χ1) is 9.88. The van der Waals surface area contributed by atoms with E-state index in [2.05, 4.69) is 15.3 Å². The normalized spacial score (nSPS) is 16.2. The number of amides is 3. The third kappa shape index (κ3) is 3.72. The lowest BCUT2D eigenvalue weighted by molar-refractivity contribution is -0.126. The number of carbonyl (C=O) groups is 2. The molecule has 1 aliphatic rings. The molecule has 1 aliphatic heterocycles. The van der Waals surface area contributed by atoms with E-state index in [0.29, 0.717) is 13.1 Å². The van der Waals surface area contributed by atoms with Crippen molar-refractivity contribution in [3.05, 3.63) is 17.6 Å². The Hall–Kier alpha value is -1.63. The van der Waals surface area contributed by atoms with Gasteiger partial charge in [0.05, 0.1) is 5.25 Å². The van der Waals surface area contributed by atoms with E-state index in [0.717, 1.165) is 16.5 Å². The predicted molar refractivity (Wildman–Crippen MR) is 81.3 cm³/mol. The molecule has 0 aliphatic carbocycles. The maximum Gasteiger partial charge on any atom is 0.324 e. The number of rotatable bonds is 4. The first kappa shape index (κ1) is 15.8. The highest BCUT2D eigenvalue weighted by molar-refractivity contribution is 8.00. The van der Waals surface area contributed by atoms with Crippen LogP contribution in [0.2, 0.25) is 0 Å². The van der Waals surface area contributed by atoms with Gasteiger partial charge in [0.25, 0.3) is 0 Å². The van der Waals surface area contributed by atoms with E-state index in [1.54, 1.807) is 6.92 Å². The number of imide groups is 1. The summed E-state index contributed by atoms with van der Waals surface area (Å²) < 4.78 is 0. The SMILES string of the molecule is Cc1cc(S[C@H](C)C(=O)N2CCNC2=O)nc(C(C)C)n1. The summed E-state index contributed by atoms with van der Waals surface area (Å²) >= 11 is 1.36. The summed E-state index contributed by atoms with van der Waals surface area (Å²) in [6, 6.07) is 1.55. The van der Waals surface area contributed by atoms with Crippen molar-refractivity contribution >= 4 is 23.7 Å². The van der Waals surface area contributed by atoms with Gasteiger partial charge in [0.2, 0.25) is 5.91 Å². The highest BCUT2D eigenvalue weighted by Crippen LogP contribution is 2.25. The number of aryl methyl sites for hydroxylation is 1. The van der Waals surface area contributed by atoms with Crippen LogP contribution in [0, 0.1) is 6.92 Å². The maximum absolute atomic E-state index is 12.3. The Kier molecular flexibility index (Phi) is 4.82. The van der Waals surface area contributed by atoms with Crippen LogP contribution in [0.25, 0.3) is 0 Å². The molecule has 1 atom stereocenters. The second-order valence-corrected chi connectivity index (χ2v) is 6.70. The van der Waals surface area contributed by atoms with E-state index >= 15 is 0 Å². The van der Waals surface area contributed by atoms with Gasteiger partial charge >= 0.3 is 6.03 Å². The van der Waals surface area contributed by atoms with Crippen LogP contribution in [0.3, 0.4) is 0 Å². The van der Waals surface area contributed by atoms with Gasteiger partial charge in [-0.15, -0.1) is 0 Å². The Balaban J connectivity index is 2.10. The quantitative estimate of drug-likeness (QED) is 0.679. The Morgan fingerprint density at radius 2 is 2.10 bits per heavy atom. The summed E-state index contributed by atoms with van der Waals surface area (Å²) in [7, 11) is 0. The number of aromatic nitrogens is 2. The lowest BCUT2D eigenvalue weighted by atomic mass is 10.2. The number of thioether (sulfide) groups is 1. The molecule has 0 bridgehead atoms. The molecule has 0 unspecified atom stereocenters. The van der Waals surface area contributed by atoms with Crippen LogP contribution in [0.15, 0.2) is 11.1 Å². The van der Waals surface area contributed by atoms with Crippen LogP contribution in [0.1, 0.15) is 38.2 Å². The second-order valence-electron chi connectivity index (χ2n) is 5.34. The zero-order valence-electron chi connectivity index (χ0n) is 12.7. The van der Waals surface area contributed by atoms with Crippen molar-refractivity contribution in [1.29, 1.82) is 0 Å². The number of carbonyl (C=O) groups excluding carboxylic acids is 2. The molecule has 0 spiro atoms. The number of hydrogen-bond acceptors (Lipinski definition) is 5. The van der Waals surface area contributed by atoms with Gasteiger partial charge in [0, 0.05) is 24.7 Å². The zero-order chi connectivity index (χ0) is 15.6. The van der Waals surface area contributed by atoms with Crippen LogP contribution in [-0.4, -0.2) is 45.1 Å². The molecule has 21 heavy (non-hydrogen) atoms. The maximum atomic E-state index is 12.3. The molecule has 0 aromatic carbocycles. The summed E-state index contributed by atoms with van der Waals surface area (Å²) in [4.78, 5) is 33.9. The molecule has 1 aromatic rings. The molecule has 1 saturated heterocycles. The van der Waals surface area contributed by atoms with E-state index in [4.69, 9.17) is 0 Å². The van der Waals surface area contributed by atoms with E-state index in [-0.39, 0.29) is 23.1 Å². The summed E-state index contributed by atoms with van der Waals surface area (Å²) in [5.74, 6) is 0.827. The number of urea groups is 1. The van der Waals surface area contributed by atoms with E-state index in [1.165, 1.54) is 16.7 Å². The van der Waals surface area contributed by atoms with E-state index in [9.17, 15) is 9.59 Å². The second kappa shape index (κ2) is 6.43. The van der Waals surface area contributed by atoms with Gasteiger partial charge in [0.15, 0.2) is 0 Å². The third-order valence-electron chi connectivity index (χ3n) is 3.13. The summed E-state index contributed by atoms with van der Waals surface area (Å²) in [6.45, 7) is 8.73. The average molecular weight is 308 g/mol. The molecule has 2 rings (SSSR count). The minimum atomic E-state index is -0.358. The molecule has 7 heteroatoms.